The predicted octanol–water partition coefficient (Wildman–Crippen LogP) is 4.38. The summed E-state index contributed by atoms with van der Waals surface area (Å²) in [5.74, 6) is 0. The molecule has 2 nitrogen and oxygen atoms in total. The van der Waals surface area contributed by atoms with Crippen molar-refractivity contribution in [1.82, 2.24) is 4.98 Å². The molecule has 1 aromatic carbocycles. The fraction of sp³-hybridized carbons (Fsp3) is 0.357. The molecule has 19 heavy (non-hydrogen) atoms. The van der Waals surface area contributed by atoms with Crippen molar-refractivity contribution in [2.24, 2.45) is 0 Å². The molecule has 0 atom stereocenters. The fourth-order valence-electron chi connectivity index (χ4n) is 1.89. The Morgan fingerprint density at radius 2 is 1.95 bits per heavy atom. The number of nitrogens with zero attached hydrogens (tertiary/aromatic N) is 1. The van der Waals surface area contributed by atoms with Crippen LogP contribution in [0.15, 0.2) is 24.3 Å². The van der Waals surface area contributed by atoms with Gasteiger partial charge in [0.15, 0.2) is 0 Å². The van der Waals surface area contributed by atoms with Crippen LogP contribution in [0.25, 0.3) is 10.9 Å². The lowest BCUT2D eigenvalue weighted by molar-refractivity contribution is -0.140. The van der Waals surface area contributed by atoms with Crippen LogP contribution >= 0.6 is 0 Å². The summed E-state index contributed by atoms with van der Waals surface area (Å²) >= 11 is 0. The molecule has 2 aromatic rings. The fourth-order valence-corrected chi connectivity index (χ4v) is 1.89. The van der Waals surface area contributed by atoms with Crippen LogP contribution in [0.1, 0.15) is 24.6 Å². The van der Waals surface area contributed by atoms with Gasteiger partial charge in [0.05, 0.1) is 5.52 Å². The van der Waals surface area contributed by atoms with Crippen molar-refractivity contribution < 1.29 is 13.2 Å². The first-order valence-electron chi connectivity index (χ1n) is 6.14. The maximum atomic E-state index is 12.8. The normalized spacial score (nSPS) is 11.8. The summed E-state index contributed by atoms with van der Waals surface area (Å²) in [4.78, 5) is 3.69. The third-order valence-corrected chi connectivity index (χ3v) is 2.82. The maximum absolute atomic E-state index is 12.8. The number of nitrogens with one attached hydrogen (secondary N) is 1. The van der Waals surface area contributed by atoms with Gasteiger partial charge in [0.1, 0.15) is 5.69 Å². The van der Waals surface area contributed by atoms with Gasteiger partial charge in [-0.25, -0.2) is 4.98 Å². The number of halogens is 3. The number of anilines is 1. The summed E-state index contributed by atoms with van der Waals surface area (Å²) in [6.07, 6.45) is -3.58. The predicted molar refractivity (Wildman–Crippen MR) is 70.3 cm³/mol. The zero-order valence-electron chi connectivity index (χ0n) is 10.8. The molecule has 0 radical (unpaired) electrons. The number of aromatic nitrogens is 1. The monoisotopic (exact) mass is 268 g/mol. The standard InChI is InChI=1S/C14H15F3N2/c1-3-6-18-12-8-13(14(15,16)17)19-11-5-4-9(2)7-10(11)12/h4-5,7-8H,3,6H2,1-2H3,(H,18,19). The third kappa shape index (κ3) is 2.97. The lowest BCUT2D eigenvalue weighted by Gasteiger charge is -2.13. The van der Waals surface area contributed by atoms with Crippen LogP contribution in [0.4, 0.5) is 18.9 Å². The van der Waals surface area contributed by atoms with E-state index in [-0.39, 0.29) is 0 Å². The van der Waals surface area contributed by atoms with E-state index in [1.54, 1.807) is 12.1 Å². The number of aryl methyl sites for hydroxylation is 1. The maximum Gasteiger partial charge on any atom is 0.433 e. The van der Waals surface area contributed by atoms with E-state index in [2.05, 4.69) is 10.3 Å². The average Bonchev–Trinajstić information content (AvgIpc) is 2.34. The molecule has 1 heterocycles. The van der Waals surface area contributed by atoms with Crippen LogP contribution in [-0.4, -0.2) is 11.5 Å². The van der Waals surface area contributed by atoms with Crippen LogP contribution < -0.4 is 5.32 Å². The van der Waals surface area contributed by atoms with Crippen molar-refractivity contribution in [3.05, 3.63) is 35.5 Å². The number of hydrogen-bond donors (Lipinski definition) is 1. The van der Waals surface area contributed by atoms with E-state index in [0.29, 0.717) is 17.7 Å². The van der Waals surface area contributed by atoms with Crippen LogP contribution in [0.5, 0.6) is 0 Å². The van der Waals surface area contributed by atoms with E-state index >= 15 is 0 Å². The molecule has 0 aliphatic carbocycles. The van der Waals surface area contributed by atoms with Gasteiger partial charge in [0, 0.05) is 17.6 Å². The Morgan fingerprint density at radius 1 is 1.21 bits per heavy atom. The van der Waals surface area contributed by atoms with Gasteiger partial charge >= 0.3 is 6.18 Å². The molecule has 0 amide bonds. The molecule has 1 aromatic heterocycles. The summed E-state index contributed by atoms with van der Waals surface area (Å²) in [5, 5.41) is 3.76. The SMILES string of the molecule is CCCNc1cc(C(F)(F)F)nc2ccc(C)cc12. The first-order valence-corrected chi connectivity index (χ1v) is 6.14. The van der Waals surface area contributed by atoms with E-state index in [1.807, 2.05) is 19.9 Å². The smallest absolute Gasteiger partial charge is 0.384 e. The molecule has 2 rings (SSSR count). The minimum atomic E-state index is -4.43. The largest absolute Gasteiger partial charge is 0.433 e. The third-order valence-electron chi connectivity index (χ3n) is 2.82. The van der Waals surface area contributed by atoms with Crippen molar-refractivity contribution in [2.45, 2.75) is 26.4 Å². The highest BCUT2D eigenvalue weighted by Crippen LogP contribution is 2.33. The number of pyridine rings is 1. The molecule has 0 aliphatic rings. The Balaban J connectivity index is 2.62. The number of hydrogen-bond acceptors (Lipinski definition) is 2. The molecule has 0 saturated heterocycles. The second-order valence-corrected chi connectivity index (χ2v) is 4.50. The van der Waals surface area contributed by atoms with Gasteiger partial charge in [-0.2, -0.15) is 13.2 Å². The minimum Gasteiger partial charge on any atom is -0.384 e. The second-order valence-electron chi connectivity index (χ2n) is 4.50. The Kier molecular flexibility index (Phi) is 3.64. The second kappa shape index (κ2) is 5.07. The minimum absolute atomic E-state index is 0.360. The van der Waals surface area contributed by atoms with Gasteiger partial charge in [-0.15, -0.1) is 0 Å². The van der Waals surface area contributed by atoms with Gasteiger partial charge in [-0.3, -0.25) is 0 Å². The highest BCUT2D eigenvalue weighted by Gasteiger charge is 2.33. The number of alkyl halides is 3. The molecule has 5 heteroatoms. The van der Waals surface area contributed by atoms with Gasteiger partial charge in [0.2, 0.25) is 0 Å². The van der Waals surface area contributed by atoms with Crippen molar-refractivity contribution >= 4 is 16.6 Å². The van der Waals surface area contributed by atoms with Crippen LogP contribution in [0.3, 0.4) is 0 Å². The van der Waals surface area contributed by atoms with Gasteiger partial charge < -0.3 is 5.32 Å². The molecule has 0 saturated carbocycles. The van der Waals surface area contributed by atoms with Crippen LogP contribution in [-0.2, 0) is 6.18 Å². The molecule has 102 valence electrons. The van der Waals surface area contributed by atoms with Crippen molar-refractivity contribution in [1.29, 1.82) is 0 Å². The Bertz CT molecular complexity index is 591. The summed E-state index contributed by atoms with van der Waals surface area (Å²) in [6, 6.07) is 6.31. The highest BCUT2D eigenvalue weighted by atomic mass is 19.4. The zero-order valence-corrected chi connectivity index (χ0v) is 10.8. The van der Waals surface area contributed by atoms with E-state index in [9.17, 15) is 13.2 Å². The summed E-state index contributed by atoms with van der Waals surface area (Å²) in [5.41, 5.74) is 0.984. The first-order chi connectivity index (χ1) is 8.91. The van der Waals surface area contributed by atoms with Gasteiger partial charge in [0.25, 0.3) is 0 Å². The Morgan fingerprint density at radius 3 is 2.58 bits per heavy atom. The van der Waals surface area contributed by atoms with Crippen LogP contribution in [0.2, 0.25) is 0 Å². The molecule has 1 N–H and O–H groups in total. The van der Waals surface area contributed by atoms with Crippen LogP contribution in [0, 0.1) is 6.92 Å². The number of benzene rings is 1. The lowest BCUT2D eigenvalue weighted by Crippen LogP contribution is -2.10. The van der Waals surface area contributed by atoms with Gasteiger partial charge in [-0.1, -0.05) is 18.6 Å². The molecular weight excluding hydrogens is 253 g/mol. The van der Waals surface area contributed by atoms with E-state index in [1.165, 1.54) is 0 Å². The quantitative estimate of drug-likeness (QED) is 0.893. The Labute approximate surface area is 109 Å². The van der Waals surface area contributed by atoms with E-state index < -0.39 is 11.9 Å². The zero-order chi connectivity index (χ0) is 14.0. The van der Waals surface area contributed by atoms with Gasteiger partial charge in [-0.05, 0) is 31.5 Å². The van der Waals surface area contributed by atoms with Crippen molar-refractivity contribution in [2.75, 3.05) is 11.9 Å². The molecule has 0 aliphatic heterocycles. The molecule has 0 fully saturated rings. The van der Waals surface area contributed by atoms with E-state index in [4.69, 9.17) is 0 Å². The summed E-state index contributed by atoms with van der Waals surface area (Å²) in [7, 11) is 0. The average molecular weight is 268 g/mol. The lowest BCUT2D eigenvalue weighted by atomic mass is 10.1. The van der Waals surface area contributed by atoms with Crippen molar-refractivity contribution in [3.63, 3.8) is 0 Å². The molecular formula is C14H15F3N2. The molecule has 0 spiro atoms. The molecule has 0 unspecified atom stereocenters. The number of rotatable bonds is 3. The van der Waals surface area contributed by atoms with E-state index in [0.717, 1.165) is 23.4 Å². The summed E-state index contributed by atoms with van der Waals surface area (Å²) in [6.45, 7) is 4.50. The Hall–Kier alpha value is -1.78. The number of fused-ring (bicyclic) bond motifs is 1. The highest BCUT2D eigenvalue weighted by molar-refractivity contribution is 5.92. The summed E-state index contributed by atoms with van der Waals surface area (Å²) < 4.78 is 38.4. The topological polar surface area (TPSA) is 24.9 Å². The molecule has 0 bridgehead atoms. The first kappa shape index (κ1) is 13.6. The van der Waals surface area contributed by atoms with Crippen molar-refractivity contribution in [3.8, 4) is 0 Å².